The molecule has 2 aromatic heterocycles. The lowest BCUT2D eigenvalue weighted by Crippen LogP contribution is -2.32. The van der Waals surface area contributed by atoms with E-state index in [1.807, 2.05) is 103 Å². The van der Waals surface area contributed by atoms with Crippen LogP contribution in [0.1, 0.15) is 35.5 Å². The molecule has 1 saturated heterocycles. The van der Waals surface area contributed by atoms with Gasteiger partial charge < -0.3 is 20.0 Å². The number of rotatable bonds is 7. The molecule has 0 aliphatic carbocycles. The molecule has 1 amide bonds. The molecule has 2 atom stereocenters. The van der Waals surface area contributed by atoms with Crippen LogP contribution in [0.2, 0.25) is 5.02 Å². The van der Waals surface area contributed by atoms with Crippen LogP contribution in [0.4, 0.5) is 5.69 Å². The van der Waals surface area contributed by atoms with Gasteiger partial charge in [0.2, 0.25) is 5.91 Å². The second kappa shape index (κ2) is 11.1. The quantitative estimate of drug-likeness (QED) is 0.199. The number of thiocarbonyl (C=S) groups is 1. The predicted octanol–water partition coefficient (Wildman–Crippen LogP) is 7.46. The van der Waals surface area contributed by atoms with E-state index in [9.17, 15) is 4.79 Å². The van der Waals surface area contributed by atoms with E-state index < -0.39 is 0 Å². The summed E-state index contributed by atoms with van der Waals surface area (Å²) in [6, 6.07) is 28.9. The van der Waals surface area contributed by atoms with Gasteiger partial charge in [-0.05, 0) is 66.5 Å². The van der Waals surface area contributed by atoms with Crippen molar-refractivity contribution in [2.24, 2.45) is 0 Å². The van der Waals surface area contributed by atoms with Gasteiger partial charge in [-0.25, -0.2) is 0 Å². The average Bonchev–Trinajstić information content (AvgIpc) is 3.58. The van der Waals surface area contributed by atoms with E-state index in [1.165, 1.54) is 0 Å². The minimum absolute atomic E-state index is 0.0892. The van der Waals surface area contributed by atoms with Crippen LogP contribution in [0.5, 0.6) is 0 Å². The lowest BCUT2D eigenvalue weighted by Gasteiger charge is -2.26. The third kappa shape index (κ3) is 5.18. The maximum atomic E-state index is 13.1. The number of fused-ring (bicyclic) bond motifs is 1. The Morgan fingerprint density at radius 2 is 1.88 bits per heavy atom. The third-order valence-corrected chi connectivity index (χ3v) is 7.98. The molecule has 0 radical (unpaired) electrons. The van der Waals surface area contributed by atoms with Crippen LogP contribution in [0.15, 0.2) is 102 Å². The van der Waals surface area contributed by atoms with Crippen molar-refractivity contribution in [1.82, 2.24) is 15.2 Å². The standard InChI is InChI=1S/C32H27ClN4O2S/c1-20-12-13-22(19-24(20)33)27-14-15-28(39-27)31-30(26-10-4-5-17-34-26)36-32(40)37(31)18-16-29(38)35-25-11-6-8-21-7-2-3-9-23(21)25/h2-15,17,19,30-31H,16,18H2,1H3,(H,35,38)(H,36,40)/t30-,31+/m0/s1. The second-order valence-electron chi connectivity index (χ2n) is 9.81. The van der Waals surface area contributed by atoms with Gasteiger partial charge in [0.05, 0.1) is 11.7 Å². The van der Waals surface area contributed by atoms with Gasteiger partial charge in [-0.1, -0.05) is 66.2 Å². The van der Waals surface area contributed by atoms with Crippen LogP contribution in [0, 0.1) is 6.92 Å². The van der Waals surface area contributed by atoms with E-state index in [2.05, 4.69) is 15.6 Å². The van der Waals surface area contributed by atoms with E-state index >= 15 is 0 Å². The van der Waals surface area contributed by atoms with Crippen molar-refractivity contribution in [2.75, 3.05) is 11.9 Å². The van der Waals surface area contributed by atoms with Gasteiger partial charge >= 0.3 is 0 Å². The van der Waals surface area contributed by atoms with E-state index in [4.69, 9.17) is 28.2 Å². The number of benzene rings is 3. The highest BCUT2D eigenvalue weighted by Crippen LogP contribution is 2.41. The fourth-order valence-corrected chi connectivity index (χ4v) is 5.65. The normalized spacial score (nSPS) is 16.8. The van der Waals surface area contributed by atoms with Crippen LogP contribution < -0.4 is 10.6 Å². The first-order valence-electron chi connectivity index (χ1n) is 13.1. The van der Waals surface area contributed by atoms with Crippen LogP contribution in [-0.2, 0) is 4.79 Å². The zero-order valence-electron chi connectivity index (χ0n) is 21.8. The number of carbonyl (C=O) groups excluding carboxylic acids is 1. The third-order valence-electron chi connectivity index (χ3n) is 7.22. The minimum Gasteiger partial charge on any atom is -0.459 e. The molecule has 0 saturated carbocycles. The van der Waals surface area contributed by atoms with Crippen LogP contribution >= 0.6 is 23.8 Å². The van der Waals surface area contributed by atoms with Crippen molar-refractivity contribution in [3.05, 3.63) is 119 Å². The van der Waals surface area contributed by atoms with Crippen LogP contribution in [-0.4, -0.2) is 27.4 Å². The molecular weight excluding hydrogens is 540 g/mol. The molecule has 200 valence electrons. The van der Waals surface area contributed by atoms with Crippen molar-refractivity contribution in [1.29, 1.82) is 0 Å². The molecule has 0 bridgehead atoms. The smallest absolute Gasteiger partial charge is 0.226 e. The lowest BCUT2D eigenvalue weighted by molar-refractivity contribution is -0.116. The Balaban J connectivity index is 1.26. The number of furan rings is 1. The van der Waals surface area contributed by atoms with Crippen LogP contribution in [0.25, 0.3) is 22.1 Å². The summed E-state index contributed by atoms with van der Waals surface area (Å²) in [6.45, 7) is 2.37. The van der Waals surface area contributed by atoms with E-state index in [0.717, 1.165) is 39.0 Å². The Kier molecular flexibility index (Phi) is 7.24. The first-order chi connectivity index (χ1) is 19.5. The number of halogens is 1. The highest BCUT2D eigenvalue weighted by molar-refractivity contribution is 7.80. The van der Waals surface area contributed by atoms with Gasteiger partial charge in [-0.3, -0.25) is 9.78 Å². The second-order valence-corrected chi connectivity index (χ2v) is 10.6. The van der Waals surface area contributed by atoms with E-state index in [0.29, 0.717) is 22.4 Å². The summed E-state index contributed by atoms with van der Waals surface area (Å²) >= 11 is 12.1. The molecule has 0 spiro atoms. The Morgan fingerprint density at radius 1 is 1.05 bits per heavy atom. The van der Waals surface area contributed by atoms with Crippen molar-refractivity contribution in [3.63, 3.8) is 0 Å². The Morgan fingerprint density at radius 3 is 2.70 bits per heavy atom. The molecular formula is C32H27ClN4O2S. The fourth-order valence-electron chi connectivity index (χ4n) is 5.14. The van der Waals surface area contributed by atoms with Crippen molar-refractivity contribution >= 4 is 51.3 Å². The van der Waals surface area contributed by atoms with E-state index in [1.54, 1.807) is 6.20 Å². The summed E-state index contributed by atoms with van der Waals surface area (Å²) in [7, 11) is 0. The highest BCUT2D eigenvalue weighted by Gasteiger charge is 2.41. The topological polar surface area (TPSA) is 70.4 Å². The largest absolute Gasteiger partial charge is 0.459 e. The first-order valence-corrected chi connectivity index (χ1v) is 13.9. The Hall–Kier alpha value is -4.20. The number of pyridine rings is 1. The predicted molar refractivity (Wildman–Crippen MR) is 163 cm³/mol. The summed E-state index contributed by atoms with van der Waals surface area (Å²) in [5.41, 5.74) is 3.53. The molecule has 2 N–H and O–H groups in total. The molecule has 6 nitrogen and oxygen atoms in total. The van der Waals surface area contributed by atoms with Gasteiger partial charge in [0, 0.05) is 40.8 Å². The molecule has 6 rings (SSSR count). The SMILES string of the molecule is Cc1ccc(-c2ccc([C@@H]3[C@H](c4ccccn4)NC(=S)N3CCC(=O)Nc3cccc4ccccc34)o2)cc1Cl. The summed E-state index contributed by atoms with van der Waals surface area (Å²) in [5.74, 6) is 1.35. The van der Waals surface area contributed by atoms with Crippen LogP contribution in [0.3, 0.4) is 0 Å². The molecule has 5 aromatic rings. The number of anilines is 1. The van der Waals surface area contributed by atoms with Gasteiger partial charge in [0.1, 0.15) is 17.6 Å². The molecule has 40 heavy (non-hydrogen) atoms. The maximum Gasteiger partial charge on any atom is 0.226 e. The average molecular weight is 567 g/mol. The zero-order valence-corrected chi connectivity index (χ0v) is 23.4. The molecule has 3 aromatic carbocycles. The summed E-state index contributed by atoms with van der Waals surface area (Å²) < 4.78 is 6.40. The van der Waals surface area contributed by atoms with E-state index in [-0.39, 0.29) is 24.4 Å². The van der Waals surface area contributed by atoms with Gasteiger partial charge in [-0.2, -0.15) is 0 Å². The minimum atomic E-state index is -0.289. The molecule has 0 unspecified atom stereocenters. The summed E-state index contributed by atoms with van der Waals surface area (Å²) in [6.07, 6.45) is 2.01. The Labute approximate surface area is 243 Å². The van der Waals surface area contributed by atoms with Gasteiger partial charge in [0.15, 0.2) is 5.11 Å². The summed E-state index contributed by atoms with van der Waals surface area (Å²) in [5, 5.41) is 9.81. The lowest BCUT2D eigenvalue weighted by atomic mass is 10.0. The van der Waals surface area contributed by atoms with Gasteiger partial charge in [-0.15, -0.1) is 0 Å². The number of hydrogen-bond acceptors (Lipinski definition) is 4. The Bertz CT molecular complexity index is 1700. The number of carbonyl (C=O) groups is 1. The maximum absolute atomic E-state index is 13.1. The monoisotopic (exact) mass is 566 g/mol. The van der Waals surface area contributed by atoms with Crippen molar-refractivity contribution < 1.29 is 9.21 Å². The first kappa shape index (κ1) is 26.0. The van der Waals surface area contributed by atoms with Crippen molar-refractivity contribution in [3.8, 4) is 11.3 Å². The highest BCUT2D eigenvalue weighted by atomic mass is 35.5. The molecule has 1 aliphatic heterocycles. The zero-order chi connectivity index (χ0) is 27.6. The number of nitrogens with one attached hydrogen (secondary N) is 2. The fraction of sp³-hybridized carbons (Fsp3) is 0.156. The number of amides is 1. The molecule has 1 fully saturated rings. The van der Waals surface area contributed by atoms with Crippen molar-refractivity contribution in [2.45, 2.75) is 25.4 Å². The molecule has 1 aliphatic rings. The number of nitrogens with zero attached hydrogens (tertiary/aromatic N) is 2. The molecule has 3 heterocycles. The van der Waals surface area contributed by atoms with Gasteiger partial charge in [0.25, 0.3) is 0 Å². The molecule has 8 heteroatoms. The summed E-state index contributed by atoms with van der Waals surface area (Å²) in [4.78, 5) is 19.7. The number of aromatic nitrogens is 1. The number of aryl methyl sites for hydroxylation is 1. The number of hydrogen-bond donors (Lipinski definition) is 2.